The summed E-state index contributed by atoms with van der Waals surface area (Å²) >= 11 is 12.0. The molecule has 0 aliphatic carbocycles. The SMILES string of the molecule is CCOc1ccc(N2C(=O)C(Cl)=C(Nc3ccc(C(=O)Nc4ccc(Cl)cc4)cc3)C2=O)cc1. The fourth-order valence-corrected chi connectivity index (χ4v) is 3.63. The van der Waals surface area contributed by atoms with Crippen molar-refractivity contribution in [3.63, 3.8) is 0 Å². The number of hydrogen-bond donors (Lipinski definition) is 2. The average molecular weight is 496 g/mol. The number of rotatable bonds is 7. The van der Waals surface area contributed by atoms with Gasteiger partial charge in [0.2, 0.25) is 0 Å². The normalized spacial score (nSPS) is 13.3. The lowest BCUT2D eigenvalue weighted by atomic mass is 10.2. The number of anilines is 3. The van der Waals surface area contributed by atoms with E-state index in [0.717, 1.165) is 4.90 Å². The number of nitrogens with one attached hydrogen (secondary N) is 2. The Morgan fingerprint density at radius 3 is 2.09 bits per heavy atom. The molecule has 2 N–H and O–H groups in total. The Morgan fingerprint density at radius 2 is 1.47 bits per heavy atom. The minimum absolute atomic E-state index is 0.0427. The van der Waals surface area contributed by atoms with E-state index in [1.165, 1.54) is 0 Å². The Kier molecular flexibility index (Phi) is 6.86. The van der Waals surface area contributed by atoms with Crippen LogP contribution in [0.1, 0.15) is 17.3 Å². The third-order valence-corrected chi connectivity index (χ3v) is 5.55. The quantitative estimate of drug-likeness (QED) is 0.426. The van der Waals surface area contributed by atoms with Crippen LogP contribution < -0.4 is 20.3 Å². The van der Waals surface area contributed by atoms with Crippen molar-refractivity contribution in [2.45, 2.75) is 6.92 Å². The van der Waals surface area contributed by atoms with E-state index in [0.29, 0.717) is 40.0 Å². The maximum Gasteiger partial charge on any atom is 0.283 e. The van der Waals surface area contributed by atoms with Crippen molar-refractivity contribution in [2.75, 3.05) is 22.1 Å². The number of carbonyl (C=O) groups excluding carboxylic acids is 3. The van der Waals surface area contributed by atoms with Crippen LogP contribution in [0.25, 0.3) is 0 Å². The molecule has 7 nitrogen and oxygen atoms in total. The molecule has 3 aromatic rings. The molecule has 1 heterocycles. The Balaban J connectivity index is 1.45. The second-order valence-corrected chi connectivity index (χ2v) is 8.04. The molecule has 0 spiro atoms. The zero-order chi connectivity index (χ0) is 24.2. The van der Waals surface area contributed by atoms with Crippen LogP contribution in [0.2, 0.25) is 5.02 Å². The number of imide groups is 1. The summed E-state index contributed by atoms with van der Waals surface area (Å²) in [5.41, 5.74) is 1.84. The molecule has 0 radical (unpaired) electrons. The molecule has 3 amide bonds. The van der Waals surface area contributed by atoms with Gasteiger partial charge in [-0.2, -0.15) is 0 Å². The third-order valence-electron chi connectivity index (χ3n) is 4.95. The molecule has 172 valence electrons. The zero-order valence-corrected chi connectivity index (χ0v) is 19.5. The van der Waals surface area contributed by atoms with Crippen LogP contribution in [0.4, 0.5) is 17.1 Å². The van der Waals surface area contributed by atoms with Gasteiger partial charge in [-0.1, -0.05) is 23.2 Å². The first-order valence-corrected chi connectivity index (χ1v) is 11.1. The van der Waals surface area contributed by atoms with Crippen LogP contribution in [0, 0.1) is 0 Å². The summed E-state index contributed by atoms with van der Waals surface area (Å²) in [7, 11) is 0. The molecule has 3 aromatic carbocycles. The highest BCUT2D eigenvalue weighted by Gasteiger charge is 2.39. The van der Waals surface area contributed by atoms with E-state index in [-0.39, 0.29) is 16.6 Å². The van der Waals surface area contributed by atoms with Crippen LogP contribution in [-0.2, 0) is 9.59 Å². The number of ether oxygens (including phenoxy) is 1. The van der Waals surface area contributed by atoms with Gasteiger partial charge in [0.1, 0.15) is 16.5 Å². The summed E-state index contributed by atoms with van der Waals surface area (Å²) in [6, 6.07) is 19.7. The minimum atomic E-state index is -0.628. The molecule has 0 bridgehead atoms. The largest absolute Gasteiger partial charge is 0.494 e. The maximum absolute atomic E-state index is 12.9. The number of benzene rings is 3. The molecule has 4 rings (SSSR count). The number of halogens is 2. The van der Waals surface area contributed by atoms with Crippen molar-refractivity contribution in [1.82, 2.24) is 0 Å². The highest BCUT2D eigenvalue weighted by molar-refractivity contribution is 6.53. The van der Waals surface area contributed by atoms with Gasteiger partial charge < -0.3 is 15.4 Å². The van der Waals surface area contributed by atoms with Crippen molar-refractivity contribution in [3.05, 3.63) is 94.1 Å². The topological polar surface area (TPSA) is 87.7 Å². The Morgan fingerprint density at radius 1 is 0.853 bits per heavy atom. The zero-order valence-electron chi connectivity index (χ0n) is 18.0. The van der Waals surface area contributed by atoms with E-state index in [1.807, 2.05) is 6.92 Å². The lowest BCUT2D eigenvalue weighted by molar-refractivity contribution is -0.120. The monoisotopic (exact) mass is 495 g/mol. The van der Waals surface area contributed by atoms with E-state index in [9.17, 15) is 14.4 Å². The molecule has 1 aliphatic heterocycles. The maximum atomic E-state index is 12.9. The van der Waals surface area contributed by atoms with Gasteiger partial charge in [0.25, 0.3) is 17.7 Å². The minimum Gasteiger partial charge on any atom is -0.494 e. The Bertz CT molecular complexity index is 1270. The molecule has 0 unspecified atom stereocenters. The molecular weight excluding hydrogens is 477 g/mol. The van der Waals surface area contributed by atoms with Crippen LogP contribution >= 0.6 is 23.2 Å². The summed E-state index contributed by atoms with van der Waals surface area (Å²) in [6.07, 6.45) is 0. The standard InChI is InChI=1S/C25H19Cl2N3O4/c1-2-34-20-13-11-19(12-14-20)30-24(32)21(27)22(25(30)33)28-17-7-3-15(4-8-17)23(31)29-18-9-5-16(26)6-10-18/h3-14,28H,2H2,1H3,(H,29,31). The van der Waals surface area contributed by atoms with Gasteiger partial charge in [-0.15, -0.1) is 0 Å². The van der Waals surface area contributed by atoms with Gasteiger partial charge in [0.15, 0.2) is 0 Å². The lowest BCUT2D eigenvalue weighted by Crippen LogP contribution is -2.32. The van der Waals surface area contributed by atoms with E-state index in [2.05, 4.69) is 10.6 Å². The predicted octanol–water partition coefficient (Wildman–Crippen LogP) is 5.43. The Hall–Kier alpha value is -3.81. The van der Waals surface area contributed by atoms with Crippen molar-refractivity contribution in [2.24, 2.45) is 0 Å². The van der Waals surface area contributed by atoms with E-state index >= 15 is 0 Å². The first kappa shape index (κ1) is 23.4. The first-order chi connectivity index (χ1) is 16.4. The molecule has 34 heavy (non-hydrogen) atoms. The summed E-state index contributed by atoms with van der Waals surface area (Å²) in [5.74, 6) is -0.885. The van der Waals surface area contributed by atoms with Crippen LogP contribution in [0.5, 0.6) is 5.75 Å². The van der Waals surface area contributed by atoms with Crippen LogP contribution in [0.3, 0.4) is 0 Å². The molecular formula is C25H19Cl2N3O4. The van der Waals surface area contributed by atoms with Crippen molar-refractivity contribution >= 4 is 58.0 Å². The van der Waals surface area contributed by atoms with E-state index in [4.69, 9.17) is 27.9 Å². The van der Waals surface area contributed by atoms with Gasteiger partial charge in [-0.05, 0) is 79.7 Å². The average Bonchev–Trinajstić information content (AvgIpc) is 3.05. The lowest BCUT2D eigenvalue weighted by Gasteiger charge is -2.15. The fourth-order valence-electron chi connectivity index (χ4n) is 3.29. The van der Waals surface area contributed by atoms with Crippen molar-refractivity contribution < 1.29 is 19.1 Å². The molecule has 9 heteroatoms. The van der Waals surface area contributed by atoms with Gasteiger partial charge >= 0.3 is 0 Å². The van der Waals surface area contributed by atoms with Gasteiger partial charge in [0, 0.05) is 22.0 Å². The molecule has 1 aliphatic rings. The summed E-state index contributed by atoms with van der Waals surface area (Å²) in [6.45, 7) is 2.37. The van der Waals surface area contributed by atoms with E-state index in [1.54, 1.807) is 72.8 Å². The second kappa shape index (κ2) is 9.99. The third kappa shape index (κ3) is 4.90. The van der Waals surface area contributed by atoms with Crippen LogP contribution in [0.15, 0.2) is 83.5 Å². The van der Waals surface area contributed by atoms with Gasteiger partial charge in [-0.25, -0.2) is 4.90 Å². The highest BCUT2D eigenvalue weighted by Crippen LogP contribution is 2.31. The Labute approximate surface area is 205 Å². The smallest absolute Gasteiger partial charge is 0.283 e. The van der Waals surface area contributed by atoms with Crippen molar-refractivity contribution in [3.8, 4) is 5.75 Å². The molecule has 0 saturated carbocycles. The summed E-state index contributed by atoms with van der Waals surface area (Å²) in [4.78, 5) is 39.0. The number of nitrogens with zero attached hydrogens (tertiary/aromatic N) is 1. The fraction of sp³-hybridized carbons (Fsp3) is 0.0800. The first-order valence-electron chi connectivity index (χ1n) is 10.3. The molecule has 0 atom stereocenters. The van der Waals surface area contributed by atoms with E-state index < -0.39 is 11.8 Å². The van der Waals surface area contributed by atoms with Crippen LogP contribution in [-0.4, -0.2) is 24.3 Å². The van der Waals surface area contributed by atoms with Gasteiger partial charge in [-0.3, -0.25) is 14.4 Å². The highest BCUT2D eigenvalue weighted by atomic mass is 35.5. The predicted molar refractivity (Wildman–Crippen MR) is 132 cm³/mol. The number of carbonyl (C=O) groups is 3. The number of amides is 3. The molecule has 0 fully saturated rings. The summed E-state index contributed by atoms with van der Waals surface area (Å²) < 4.78 is 5.39. The number of hydrogen-bond acceptors (Lipinski definition) is 5. The molecule has 0 aromatic heterocycles. The summed E-state index contributed by atoms with van der Waals surface area (Å²) in [5, 5.41) is 6.01. The van der Waals surface area contributed by atoms with Gasteiger partial charge in [0.05, 0.1) is 12.3 Å². The van der Waals surface area contributed by atoms with Crippen molar-refractivity contribution in [1.29, 1.82) is 0 Å². The second-order valence-electron chi connectivity index (χ2n) is 7.22. The molecule has 0 saturated heterocycles.